The van der Waals surface area contributed by atoms with Gasteiger partial charge in [-0.1, -0.05) is 23.7 Å². The molecule has 0 radical (unpaired) electrons. The molecule has 9 nitrogen and oxygen atoms in total. The van der Waals surface area contributed by atoms with Gasteiger partial charge in [-0.15, -0.1) is 11.3 Å². The third kappa shape index (κ3) is 5.30. The molecule has 0 spiro atoms. The van der Waals surface area contributed by atoms with Crippen molar-refractivity contribution in [1.29, 1.82) is 0 Å². The van der Waals surface area contributed by atoms with Gasteiger partial charge >= 0.3 is 0 Å². The highest BCUT2D eigenvalue weighted by Crippen LogP contribution is 2.28. The number of thiazole rings is 1. The molecule has 202 valence electrons. The summed E-state index contributed by atoms with van der Waals surface area (Å²) >= 11 is 7.40. The molecule has 1 fully saturated rings. The standard InChI is InChI=1S/C26H30ClN5O4S2/c1-15(2)29-24(33)22-14-31(38(35,36)20-7-5-17-11-19(27)6-4-18(17)12-20)8-9-32(22)26(34)25-30-21-10-16(3)28-13-23(21)37-25/h4-7,11-12,15-16,22,28H,8-10,13-14H2,1-3H3,(H,29,33). The minimum atomic E-state index is -3.92. The average Bonchev–Trinajstić information content (AvgIpc) is 3.30. The van der Waals surface area contributed by atoms with Crippen LogP contribution in [0.25, 0.3) is 10.8 Å². The van der Waals surface area contributed by atoms with E-state index in [-0.39, 0.29) is 42.5 Å². The minimum absolute atomic E-state index is 0.0713. The molecule has 1 saturated heterocycles. The molecule has 2 aliphatic heterocycles. The first-order valence-electron chi connectivity index (χ1n) is 12.6. The van der Waals surface area contributed by atoms with Crippen LogP contribution in [0.2, 0.25) is 5.02 Å². The van der Waals surface area contributed by atoms with Crippen LogP contribution in [-0.4, -0.2) is 72.2 Å². The number of nitrogens with one attached hydrogen (secondary N) is 2. The topological polar surface area (TPSA) is 112 Å². The van der Waals surface area contributed by atoms with Crippen LogP contribution in [0.4, 0.5) is 0 Å². The molecule has 2 N–H and O–H groups in total. The lowest BCUT2D eigenvalue weighted by atomic mass is 10.1. The molecule has 12 heteroatoms. The number of aromatic nitrogens is 1. The molecule has 0 saturated carbocycles. The molecule has 3 aromatic rings. The van der Waals surface area contributed by atoms with Gasteiger partial charge in [0.1, 0.15) is 6.04 Å². The van der Waals surface area contributed by atoms with Crippen LogP contribution in [0.5, 0.6) is 0 Å². The van der Waals surface area contributed by atoms with Gasteiger partial charge in [-0.25, -0.2) is 13.4 Å². The van der Waals surface area contributed by atoms with Gasteiger partial charge in [-0.2, -0.15) is 4.31 Å². The van der Waals surface area contributed by atoms with Crippen molar-refractivity contribution in [1.82, 2.24) is 24.8 Å². The first kappa shape index (κ1) is 27.0. The molecule has 2 aromatic carbocycles. The molecule has 2 amide bonds. The number of hydrogen-bond acceptors (Lipinski definition) is 7. The smallest absolute Gasteiger partial charge is 0.283 e. The first-order valence-corrected chi connectivity index (χ1v) is 15.2. The highest BCUT2D eigenvalue weighted by atomic mass is 35.5. The van der Waals surface area contributed by atoms with Gasteiger partial charge in [-0.05, 0) is 55.8 Å². The van der Waals surface area contributed by atoms with Crippen molar-refractivity contribution >= 4 is 55.5 Å². The molecular formula is C26H30ClN5O4S2. The lowest BCUT2D eigenvalue weighted by Gasteiger charge is -2.39. The fourth-order valence-corrected chi connectivity index (χ4v) is 7.50. The van der Waals surface area contributed by atoms with Gasteiger partial charge in [-0.3, -0.25) is 9.59 Å². The van der Waals surface area contributed by atoms with E-state index in [0.29, 0.717) is 16.6 Å². The summed E-state index contributed by atoms with van der Waals surface area (Å²) < 4.78 is 28.6. The summed E-state index contributed by atoms with van der Waals surface area (Å²) in [6.45, 7) is 6.38. The molecule has 3 heterocycles. The predicted octanol–water partition coefficient (Wildman–Crippen LogP) is 3.02. The van der Waals surface area contributed by atoms with E-state index in [1.807, 2.05) is 13.8 Å². The van der Waals surface area contributed by atoms with Crippen molar-refractivity contribution in [2.45, 2.75) is 56.8 Å². The van der Waals surface area contributed by atoms with E-state index in [4.69, 9.17) is 11.6 Å². The van der Waals surface area contributed by atoms with E-state index in [9.17, 15) is 18.0 Å². The fraction of sp³-hybridized carbons (Fsp3) is 0.423. The third-order valence-corrected chi connectivity index (χ3v) is 10.0. The zero-order valence-corrected chi connectivity index (χ0v) is 23.8. The molecule has 2 atom stereocenters. The lowest BCUT2D eigenvalue weighted by molar-refractivity contribution is -0.127. The van der Waals surface area contributed by atoms with Gasteiger partial charge in [0.15, 0.2) is 5.01 Å². The summed E-state index contributed by atoms with van der Waals surface area (Å²) in [5, 5.41) is 8.70. The monoisotopic (exact) mass is 575 g/mol. The third-order valence-electron chi connectivity index (χ3n) is 6.82. The Bertz CT molecular complexity index is 1510. The maximum absolute atomic E-state index is 13.6. The molecule has 38 heavy (non-hydrogen) atoms. The minimum Gasteiger partial charge on any atom is -0.352 e. The maximum Gasteiger partial charge on any atom is 0.283 e. The number of nitrogens with zero attached hydrogens (tertiary/aromatic N) is 3. The number of carbonyl (C=O) groups is 2. The second-order valence-electron chi connectivity index (χ2n) is 10.1. The largest absolute Gasteiger partial charge is 0.352 e. The Hall–Kier alpha value is -2.57. The number of rotatable bonds is 5. The van der Waals surface area contributed by atoms with Crippen LogP contribution in [0, 0.1) is 0 Å². The second kappa shape index (κ2) is 10.5. The molecule has 5 rings (SSSR count). The predicted molar refractivity (Wildman–Crippen MR) is 148 cm³/mol. The lowest BCUT2D eigenvalue weighted by Crippen LogP contribution is -2.62. The number of fused-ring (bicyclic) bond motifs is 2. The van der Waals surface area contributed by atoms with Crippen molar-refractivity contribution in [3.8, 4) is 0 Å². The molecule has 2 aliphatic rings. The van der Waals surface area contributed by atoms with E-state index < -0.39 is 22.0 Å². The molecule has 2 unspecified atom stereocenters. The van der Waals surface area contributed by atoms with Crippen LogP contribution >= 0.6 is 22.9 Å². The van der Waals surface area contributed by atoms with Crippen LogP contribution in [-0.2, 0) is 27.8 Å². The summed E-state index contributed by atoms with van der Waals surface area (Å²) in [6.07, 6.45) is 0.736. The summed E-state index contributed by atoms with van der Waals surface area (Å²) in [5.41, 5.74) is 0.909. The molecule has 0 aliphatic carbocycles. The van der Waals surface area contributed by atoms with Crippen molar-refractivity contribution in [3.63, 3.8) is 0 Å². The number of carbonyl (C=O) groups excluding carboxylic acids is 2. The second-order valence-corrected chi connectivity index (χ2v) is 13.5. The maximum atomic E-state index is 13.6. The Labute approximate surface area is 231 Å². The van der Waals surface area contributed by atoms with Crippen molar-refractivity contribution in [2.24, 2.45) is 0 Å². The summed E-state index contributed by atoms with van der Waals surface area (Å²) in [7, 11) is -3.92. The van der Waals surface area contributed by atoms with E-state index >= 15 is 0 Å². The molecule has 1 aromatic heterocycles. The van der Waals surface area contributed by atoms with Crippen molar-refractivity contribution < 1.29 is 18.0 Å². The summed E-state index contributed by atoms with van der Waals surface area (Å²) in [5.74, 6) is -0.737. The SMILES string of the molecule is CC(C)NC(=O)C1CN(S(=O)(=O)c2ccc3cc(Cl)ccc3c2)CCN1C(=O)c1nc2c(s1)CNC(C)C2. The van der Waals surface area contributed by atoms with Gasteiger partial charge in [0, 0.05) is 54.6 Å². The Morgan fingerprint density at radius 2 is 1.89 bits per heavy atom. The van der Waals surface area contributed by atoms with Crippen LogP contribution in [0.1, 0.15) is 41.1 Å². The van der Waals surface area contributed by atoms with Crippen LogP contribution in [0.3, 0.4) is 0 Å². The highest BCUT2D eigenvalue weighted by Gasteiger charge is 2.41. The number of amides is 2. The number of benzene rings is 2. The van der Waals surface area contributed by atoms with Gasteiger partial charge in [0.2, 0.25) is 15.9 Å². The van der Waals surface area contributed by atoms with Crippen LogP contribution in [0.15, 0.2) is 41.3 Å². The van der Waals surface area contributed by atoms with Crippen molar-refractivity contribution in [2.75, 3.05) is 19.6 Å². The fourth-order valence-electron chi connectivity index (χ4n) is 4.85. The van der Waals surface area contributed by atoms with E-state index in [1.165, 1.54) is 20.5 Å². The Balaban J connectivity index is 1.42. The highest BCUT2D eigenvalue weighted by molar-refractivity contribution is 7.89. The number of hydrogen-bond donors (Lipinski definition) is 2. The number of piperazine rings is 1. The van der Waals surface area contributed by atoms with Gasteiger partial charge in [0.05, 0.1) is 10.6 Å². The summed E-state index contributed by atoms with van der Waals surface area (Å²) in [6, 6.07) is 9.26. The summed E-state index contributed by atoms with van der Waals surface area (Å²) in [4.78, 5) is 34.0. The molecule has 0 bridgehead atoms. The number of halogens is 1. The Morgan fingerprint density at radius 3 is 2.66 bits per heavy atom. The van der Waals surface area contributed by atoms with E-state index in [1.54, 1.807) is 36.4 Å². The zero-order chi connectivity index (χ0) is 27.2. The Kier molecular flexibility index (Phi) is 7.49. The van der Waals surface area contributed by atoms with E-state index in [2.05, 4.69) is 22.5 Å². The van der Waals surface area contributed by atoms with Crippen molar-refractivity contribution in [3.05, 3.63) is 57.0 Å². The molecular weight excluding hydrogens is 546 g/mol. The van der Waals surface area contributed by atoms with Crippen LogP contribution < -0.4 is 10.6 Å². The van der Waals surface area contributed by atoms with Gasteiger partial charge < -0.3 is 15.5 Å². The quantitative estimate of drug-likeness (QED) is 0.484. The zero-order valence-electron chi connectivity index (χ0n) is 21.4. The number of sulfonamides is 1. The average molecular weight is 576 g/mol. The van der Waals surface area contributed by atoms with E-state index in [0.717, 1.165) is 27.8 Å². The van der Waals surface area contributed by atoms with Gasteiger partial charge in [0.25, 0.3) is 5.91 Å². The normalized spacial score (nSPS) is 20.5. The first-order chi connectivity index (χ1) is 18.0. The Morgan fingerprint density at radius 1 is 1.16 bits per heavy atom.